The zero-order valence-electron chi connectivity index (χ0n) is 21.3. The second-order valence-corrected chi connectivity index (χ2v) is 8.45. The number of rotatable bonds is 12. The number of likely N-dealkylation sites (N-methyl/N-ethyl adjacent to an activating group) is 1. The fraction of sp³-hybridized carbons (Fsp3) is 0.345. The monoisotopic (exact) mass is 514 g/mol. The lowest BCUT2D eigenvalue weighted by Gasteiger charge is -2.23. The number of nitrogens with one attached hydrogen (secondary N) is 2. The van der Waals surface area contributed by atoms with Crippen molar-refractivity contribution in [2.75, 3.05) is 26.8 Å². The summed E-state index contributed by atoms with van der Waals surface area (Å²) >= 11 is 0. The molecule has 0 unspecified atom stereocenters. The normalized spacial score (nSPS) is 13.0. The standard InChI is InChI=1S/C29H33F3N2O3/c1-4-36-25-16-13-22(19-26(25)37-5-2)24(20-11-14-23(15-12-20)29(30,31)32)17-18-34-27(28(35)33-3)21-9-7-6-8-10-21/h6-16,19,24,27,34H,4-5,17-18H2,1-3H3,(H,33,35)/t24-,27+/m0/s1. The Bertz CT molecular complexity index is 1140. The van der Waals surface area contributed by atoms with Gasteiger partial charge >= 0.3 is 6.18 Å². The van der Waals surface area contributed by atoms with Gasteiger partial charge in [0.1, 0.15) is 6.04 Å². The van der Waals surface area contributed by atoms with Crippen molar-refractivity contribution in [1.82, 2.24) is 10.6 Å². The van der Waals surface area contributed by atoms with E-state index in [9.17, 15) is 18.0 Å². The molecule has 3 aromatic rings. The summed E-state index contributed by atoms with van der Waals surface area (Å²) in [6.07, 6.45) is -3.88. The molecule has 2 atom stereocenters. The summed E-state index contributed by atoms with van der Waals surface area (Å²) in [6.45, 7) is 5.13. The van der Waals surface area contributed by atoms with Crippen LogP contribution in [0.4, 0.5) is 13.2 Å². The van der Waals surface area contributed by atoms with Crippen molar-refractivity contribution in [1.29, 1.82) is 0 Å². The van der Waals surface area contributed by atoms with E-state index >= 15 is 0 Å². The number of halogens is 3. The molecule has 0 saturated heterocycles. The van der Waals surface area contributed by atoms with Crippen LogP contribution in [-0.4, -0.2) is 32.7 Å². The maximum Gasteiger partial charge on any atom is 0.416 e. The summed E-state index contributed by atoms with van der Waals surface area (Å²) in [5.74, 6) is 0.781. The Labute approximate surface area is 216 Å². The van der Waals surface area contributed by atoms with Crippen LogP contribution in [0.5, 0.6) is 11.5 Å². The van der Waals surface area contributed by atoms with Gasteiger partial charge in [-0.3, -0.25) is 4.79 Å². The molecule has 198 valence electrons. The van der Waals surface area contributed by atoms with E-state index in [0.717, 1.165) is 28.8 Å². The van der Waals surface area contributed by atoms with Crippen LogP contribution in [-0.2, 0) is 11.0 Å². The molecule has 3 aromatic carbocycles. The lowest BCUT2D eigenvalue weighted by Crippen LogP contribution is -2.36. The zero-order valence-corrected chi connectivity index (χ0v) is 21.3. The van der Waals surface area contributed by atoms with Crippen LogP contribution in [0.1, 0.15) is 54.5 Å². The summed E-state index contributed by atoms with van der Waals surface area (Å²) in [5.41, 5.74) is 1.74. The molecular formula is C29H33F3N2O3. The maximum absolute atomic E-state index is 13.2. The van der Waals surface area contributed by atoms with Crippen molar-refractivity contribution in [2.45, 2.75) is 38.4 Å². The molecule has 37 heavy (non-hydrogen) atoms. The predicted octanol–water partition coefficient (Wildman–Crippen LogP) is 6.10. The summed E-state index contributed by atoms with van der Waals surface area (Å²) in [6, 6.07) is 19.7. The number of alkyl halides is 3. The molecule has 8 heteroatoms. The van der Waals surface area contributed by atoms with Crippen LogP contribution in [0, 0.1) is 0 Å². The summed E-state index contributed by atoms with van der Waals surface area (Å²) < 4.78 is 51.0. The highest BCUT2D eigenvalue weighted by atomic mass is 19.4. The summed E-state index contributed by atoms with van der Waals surface area (Å²) in [5, 5.41) is 6.00. The number of amides is 1. The molecule has 3 rings (SSSR count). The van der Waals surface area contributed by atoms with Gasteiger partial charge in [0.2, 0.25) is 5.91 Å². The average molecular weight is 515 g/mol. The van der Waals surface area contributed by atoms with Gasteiger partial charge in [-0.15, -0.1) is 0 Å². The van der Waals surface area contributed by atoms with E-state index in [-0.39, 0.29) is 11.8 Å². The highest BCUT2D eigenvalue weighted by molar-refractivity contribution is 5.82. The van der Waals surface area contributed by atoms with Crippen LogP contribution in [0.2, 0.25) is 0 Å². The van der Waals surface area contributed by atoms with Crippen LogP contribution < -0.4 is 20.1 Å². The average Bonchev–Trinajstić information content (AvgIpc) is 2.90. The first-order valence-electron chi connectivity index (χ1n) is 12.3. The Morgan fingerprint density at radius 3 is 2.05 bits per heavy atom. The molecule has 0 spiro atoms. The lowest BCUT2D eigenvalue weighted by atomic mass is 9.87. The number of ether oxygens (including phenoxy) is 2. The quantitative estimate of drug-likeness (QED) is 0.307. The van der Waals surface area contributed by atoms with Gasteiger partial charge in [-0.1, -0.05) is 48.5 Å². The van der Waals surface area contributed by atoms with Crippen LogP contribution in [0.15, 0.2) is 72.8 Å². The van der Waals surface area contributed by atoms with Gasteiger partial charge in [-0.2, -0.15) is 13.2 Å². The van der Waals surface area contributed by atoms with Gasteiger partial charge in [-0.25, -0.2) is 0 Å². The third-order valence-corrected chi connectivity index (χ3v) is 6.03. The number of carbonyl (C=O) groups excluding carboxylic acids is 1. The molecule has 0 radical (unpaired) electrons. The molecule has 0 fully saturated rings. The van der Waals surface area contributed by atoms with Crippen molar-refractivity contribution in [2.24, 2.45) is 0 Å². The van der Waals surface area contributed by atoms with Crippen LogP contribution in [0.25, 0.3) is 0 Å². The minimum Gasteiger partial charge on any atom is -0.490 e. The van der Waals surface area contributed by atoms with Gasteiger partial charge in [-0.05, 0) is 67.8 Å². The van der Waals surface area contributed by atoms with E-state index in [1.54, 1.807) is 7.05 Å². The highest BCUT2D eigenvalue weighted by Crippen LogP contribution is 2.37. The zero-order chi connectivity index (χ0) is 26.8. The Balaban J connectivity index is 1.91. The minimum atomic E-state index is -4.41. The SMILES string of the molecule is CCOc1ccc([C@@H](CCN[C@@H](C(=O)NC)c2ccccc2)c2ccc(C(F)(F)F)cc2)cc1OCC. The van der Waals surface area contributed by atoms with Gasteiger partial charge in [0.05, 0.1) is 18.8 Å². The lowest BCUT2D eigenvalue weighted by molar-refractivity contribution is -0.137. The van der Waals surface area contributed by atoms with Gasteiger partial charge in [0.25, 0.3) is 0 Å². The van der Waals surface area contributed by atoms with Crippen molar-refractivity contribution in [3.8, 4) is 11.5 Å². The molecule has 0 bridgehead atoms. The van der Waals surface area contributed by atoms with E-state index in [1.165, 1.54) is 12.1 Å². The van der Waals surface area contributed by atoms with Crippen molar-refractivity contribution >= 4 is 5.91 Å². The summed E-state index contributed by atoms with van der Waals surface area (Å²) in [7, 11) is 1.58. The first kappa shape index (κ1) is 28.1. The molecule has 1 amide bonds. The molecule has 0 heterocycles. The third kappa shape index (κ3) is 7.49. The Morgan fingerprint density at radius 2 is 1.46 bits per heavy atom. The van der Waals surface area contributed by atoms with Gasteiger partial charge < -0.3 is 20.1 Å². The molecule has 0 aliphatic carbocycles. The topological polar surface area (TPSA) is 59.6 Å². The molecule has 0 aliphatic heterocycles. The molecule has 5 nitrogen and oxygen atoms in total. The second-order valence-electron chi connectivity index (χ2n) is 8.45. The van der Waals surface area contributed by atoms with Crippen molar-refractivity contribution in [3.05, 3.63) is 95.1 Å². The molecule has 2 N–H and O–H groups in total. The van der Waals surface area contributed by atoms with Crippen molar-refractivity contribution in [3.63, 3.8) is 0 Å². The van der Waals surface area contributed by atoms with Crippen LogP contribution in [0.3, 0.4) is 0 Å². The number of hydrogen-bond acceptors (Lipinski definition) is 4. The first-order valence-corrected chi connectivity index (χ1v) is 12.3. The fourth-order valence-electron chi connectivity index (χ4n) is 4.24. The van der Waals surface area contributed by atoms with Crippen LogP contribution >= 0.6 is 0 Å². The number of hydrogen-bond donors (Lipinski definition) is 2. The molecule has 0 saturated carbocycles. The fourth-order valence-corrected chi connectivity index (χ4v) is 4.24. The molecule has 0 aromatic heterocycles. The number of benzene rings is 3. The van der Waals surface area contributed by atoms with Gasteiger partial charge in [0, 0.05) is 13.0 Å². The Morgan fingerprint density at radius 1 is 0.838 bits per heavy atom. The third-order valence-electron chi connectivity index (χ3n) is 6.03. The van der Waals surface area contributed by atoms with Gasteiger partial charge in [0.15, 0.2) is 11.5 Å². The van der Waals surface area contributed by atoms with E-state index in [0.29, 0.717) is 37.7 Å². The van der Waals surface area contributed by atoms with E-state index in [4.69, 9.17) is 9.47 Å². The molecular weight excluding hydrogens is 481 g/mol. The highest BCUT2D eigenvalue weighted by Gasteiger charge is 2.30. The minimum absolute atomic E-state index is 0.169. The summed E-state index contributed by atoms with van der Waals surface area (Å²) in [4.78, 5) is 12.6. The van der Waals surface area contributed by atoms with E-state index < -0.39 is 17.8 Å². The number of carbonyl (C=O) groups is 1. The Kier molecular flexibility index (Phi) is 9.97. The first-order chi connectivity index (χ1) is 17.8. The largest absolute Gasteiger partial charge is 0.490 e. The van der Waals surface area contributed by atoms with Crippen molar-refractivity contribution < 1.29 is 27.4 Å². The van der Waals surface area contributed by atoms with E-state index in [1.807, 2.05) is 62.4 Å². The van der Waals surface area contributed by atoms with E-state index in [2.05, 4.69) is 10.6 Å². The molecule has 0 aliphatic rings. The predicted molar refractivity (Wildman–Crippen MR) is 138 cm³/mol. The maximum atomic E-state index is 13.2. The Hall–Kier alpha value is -3.52. The second kappa shape index (κ2) is 13.1. The smallest absolute Gasteiger partial charge is 0.416 e.